The van der Waals surface area contributed by atoms with E-state index >= 15 is 0 Å². The third-order valence-corrected chi connectivity index (χ3v) is 4.79. The summed E-state index contributed by atoms with van der Waals surface area (Å²) in [5, 5.41) is 3.32. The molecule has 0 bridgehead atoms. The maximum atomic E-state index is 12.0. The molecular weight excluding hydrogens is 298 g/mol. The molecule has 1 heterocycles. The molecule has 1 unspecified atom stereocenters. The molecule has 5 heteroatoms. The lowest BCUT2D eigenvalue weighted by Gasteiger charge is -2.08. The van der Waals surface area contributed by atoms with Crippen LogP contribution in [-0.4, -0.2) is 23.3 Å². The van der Waals surface area contributed by atoms with Crippen LogP contribution in [0.2, 0.25) is 0 Å². The molecule has 2 aromatic rings. The van der Waals surface area contributed by atoms with Gasteiger partial charge in [-0.1, -0.05) is 42.5 Å². The van der Waals surface area contributed by atoms with Crippen molar-refractivity contribution in [2.45, 2.75) is 12.3 Å². The summed E-state index contributed by atoms with van der Waals surface area (Å²) in [5.74, 6) is 2.87. The van der Waals surface area contributed by atoms with Crippen LogP contribution in [0.5, 0.6) is 11.5 Å². The Hall–Kier alpha value is -1.85. The average Bonchev–Trinajstić information content (AvgIpc) is 3.02. The molecule has 0 aromatic heterocycles. The maximum absolute atomic E-state index is 12.0. The molecule has 1 atom stereocenters. The number of para-hydroxylation sites is 1. The summed E-state index contributed by atoms with van der Waals surface area (Å²) in [6, 6.07) is 15.8. The fourth-order valence-electron chi connectivity index (χ4n) is 2.37. The number of hydrogen-bond acceptors (Lipinski definition) is 4. The van der Waals surface area contributed by atoms with Crippen LogP contribution in [0.1, 0.15) is 11.1 Å². The van der Waals surface area contributed by atoms with Crippen LogP contribution in [0, 0.1) is 0 Å². The first-order valence-electron chi connectivity index (χ1n) is 7.30. The predicted molar refractivity (Wildman–Crippen MR) is 87.4 cm³/mol. The van der Waals surface area contributed by atoms with Crippen LogP contribution in [0.4, 0.5) is 0 Å². The van der Waals surface area contributed by atoms with Crippen molar-refractivity contribution >= 4 is 10.8 Å². The third-order valence-electron chi connectivity index (χ3n) is 3.47. The number of rotatable bonds is 7. The number of hydrogen-bond donors (Lipinski definition) is 1. The van der Waals surface area contributed by atoms with E-state index in [4.69, 9.17) is 9.47 Å². The van der Waals surface area contributed by atoms with E-state index in [9.17, 15) is 4.21 Å². The smallest absolute Gasteiger partial charge is 0.231 e. The Morgan fingerprint density at radius 3 is 2.77 bits per heavy atom. The highest BCUT2D eigenvalue weighted by molar-refractivity contribution is 7.84. The molecule has 1 aliphatic rings. The Balaban J connectivity index is 1.42. The molecule has 0 amide bonds. The van der Waals surface area contributed by atoms with Gasteiger partial charge in [0.25, 0.3) is 0 Å². The van der Waals surface area contributed by atoms with Crippen molar-refractivity contribution in [1.82, 2.24) is 5.32 Å². The van der Waals surface area contributed by atoms with Crippen LogP contribution < -0.4 is 14.8 Å². The minimum Gasteiger partial charge on any atom is -0.454 e. The van der Waals surface area contributed by atoms with Gasteiger partial charge in [0.2, 0.25) is 6.79 Å². The summed E-state index contributed by atoms with van der Waals surface area (Å²) >= 11 is 0. The van der Waals surface area contributed by atoms with Crippen molar-refractivity contribution in [3.05, 3.63) is 59.7 Å². The summed E-state index contributed by atoms with van der Waals surface area (Å²) in [5.41, 5.74) is 2.19. The Kier molecular flexibility index (Phi) is 5.08. The van der Waals surface area contributed by atoms with Gasteiger partial charge in [0, 0.05) is 41.0 Å². The van der Waals surface area contributed by atoms with Crippen molar-refractivity contribution in [3.63, 3.8) is 0 Å². The van der Waals surface area contributed by atoms with Gasteiger partial charge in [-0.15, -0.1) is 0 Å². The van der Waals surface area contributed by atoms with Crippen LogP contribution in [0.25, 0.3) is 0 Å². The third kappa shape index (κ3) is 3.87. The second-order valence-electron chi connectivity index (χ2n) is 5.10. The first-order valence-corrected chi connectivity index (χ1v) is 8.79. The maximum Gasteiger partial charge on any atom is 0.231 e. The lowest BCUT2D eigenvalue weighted by Crippen LogP contribution is -2.20. The van der Waals surface area contributed by atoms with Crippen LogP contribution in [-0.2, 0) is 23.1 Å². The summed E-state index contributed by atoms with van der Waals surface area (Å²) in [7, 11) is -0.847. The summed E-state index contributed by atoms with van der Waals surface area (Å²) in [4.78, 5) is 0. The highest BCUT2D eigenvalue weighted by atomic mass is 32.2. The van der Waals surface area contributed by atoms with Crippen LogP contribution >= 0.6 is 0 Å². The molecule has 0 saturated heterocycles. The second kappa shape index (κ2) is 7.42. The van der Waals surface area contributed by atoms with Crippen molar-refractivity contribution < 1.29 is 13.7 Å². The van der Waals surface area contributed by atoms with Gasteiger partial charge in [0.05, 0.1) is 0 Å². The lowest BCUT2D eigenvalue weighted by molar-refractivity contribution is 0.173. The molecule has 2 aromatic carbocycles. The summed E-state index contributed by atoms with van der Waals surface area (Å²) in [6.07, 6.45) is 0. The fourth-order valence-corrected chi connectivity index (χ4v) is 3.45. The van der Waals surface area contributed by atoms with Gasteiger partial charge in [-0.25, -0.2) is 0 Å². The number of ether oxygens (including phenoxy) is 2. The molecule has 0 saturated carbocycles. The number of nitrogens with one attached hydrogen (secondary N) is 1. The van der Waals surface area contributed by atoms with E-state index in [1.807, 2.05) is 48.5 Å². The molecule has 0 radical (unpaired) electrons. The first-order chi connectivity index (χ1) is 10.8. The Labute approximate surface area is 132 Å². The van der Waals surface area contributed by atoms with Crippen molar-refractivity contribution in [2.75, 3.05) is 19.1 Å². The van der Waals surface area contributed by atoms with E-state index in [-0.39, 0.29) is 6.79 Å². The predicted octanol–water partition coefficient (Wildman–Crippen LogP) is 2.45. The quantitative estimate of drug-likeness (QED) is 0.797. The minimum atomic E-state index is -0.847. The van der Waals surface area contributed by atoms with Crippen molar-refractivity contribution in [3.8, 4) is 11.5 Å². The number of benzene rings is 2. The van der Waals surface area contributed by atoms with Gasteiger partial charge in [-0.05, 0) is 11.6 Å². The molecule has 116 valence electrons. The summed E-state index contributed by atoms with van der Waals surface area (Å²) < 4.78 is 22.9. The van der Waals surface area contributed by atoms with Crippen molar-refractivity contribution in [1.29, 1.82) is 0 Å². The molecule has 1 N–H and O–H groups in total. The lowest BCUT2D eigenvalue weighted by atomic mass is 10.2. The largest absolute Gasteiger partial charge is 0.454 e. The van der Waals surface area contributed by atoms with Gasteiger partial charge in [-0.2, -0.15) is 0 Å². The molecule has 0 spiro atoms. The van der Waals surface area contributed by atoms with Gasteiger partial charge < -0.3 is 14.8 Å². The zero-order chi connectivity index (χ0) is 15.2. The zero-order valence-electron chi connectivity index (χ0n) is 12.3. The van der Waals surface area contributed by atoms with Gasteiger partial charge in [-0.3, -0.25) is 4.21 Å². The molecule has 1 aliphatic heterocycles. The zero-order valence-corrected chi connectivity index (χ0v) is 13.1. The van der Waals surface area contributed by atoms with Crippen LogP contribution in [0.15, 0.2) is 48.5 Å². The van der Waals surface area contributed by atoms with Crippen LogP contribution in [0.3, 0.4) is 0 Å². The van der Waals surface area contributed by atoms with Gasteiger partial charge in [0.1, 0.15) is 0 Å². The second-order valence-corrected chi connectivity index (χ2v) is 6.68. The summed E-state index contributed by atoms with van der Waals surface area (Å²) in [6.45, 7) is 1.69. The first kappa shape index (κ1) is 15.1. The molecule has 3 rings (SSSR count). The van der Waals surface area contributed by atoms with E-state index in [2.05, 4.69) is 5.32 Å². The SMILES string of the molecule is O=S(CCNCc1cccc2c1OCO2)Cc1ccccc1. The molecule has 4 nitrogen and oxygen atoms in total. The van der Waals surface area contributed by atoms with Gasteiger partial charge >= 0.3 is 0 Å². The molecular formula is C17H19NO3S. The topological polar surface area (TPSA) is 47.6 Å². The van der Waals surface area contributed by atoms with E-state index in [0.717, 1.165) is 22.6 Å². The molecule has 22 heavy (non-hydrogen) atoms. The standard InChI is InChI=1S/C17H19NO3S/c19-22(12-14-5-2-1-3-6-14)10-9-18-11-15-7-4-8-16-17(15)21-13-20-16/h1-8,18H,9-13H2. The van der Waals surface area contributed by atoms with Crippen molar-refractivity contribution in [2.24, 2.45) is 0 Å². The van der Waals surface area contributed by atoms with E-state index in [0.29, 0.717) is 24.6 Å². The highest BCUT2D eigenvalue weighted by Crippen LogP contribution is 2.35. The average molecular weight is 317 g/mol. The Morgan fingerprint density at radius 2 is 1.91 bits per heavy atom. The highest BCUT2D eigenvalue weighted by Gasteiger charge is 2.16. The van der Waals surface area contributed by atoms with E-state index in [1.165, 1.54) is 0 Å². The molecule has 0 fully saturated rings. The molecule has 0 aliphatic carbocycles. The van der Waals surface area contributed by atoms with E-state index < -0.39 is 10.8 Å². The minimum absolute atomic E-state index is 0.285. The van der Waals surface area contributed by atoms with Gasteiger partial charge in [0.15, 0.2) is 11.5 Å². The fraction of sp³-hybridized carbons (Fsp3) is 0.294. The number of fused-ring (bicyclic) bond motifs is 1. The normalized spacial score (nSPS) is 14.0. The van der Waals surface area contributed by atoms with E-state index in [1.54, 1.807) is 0 Å². The Morgan fingerprint density at radius 1 is 1.05 bits per heavy atom. The Bertz CT molecular complexity index is 646. The monoisotopic (exact) mass is 317 g/mol.